The first-order valence-electron chi connectivity index (χ1n) is 21.3. The number of piperidine rings is 1. The molecular weight excluding hydrogens is 757 g/mol. The Kier molecular flexibility index (Phi) is 11.3. The smallest absolute Gasteiger partial charge is 0.257 e. The van der Waals surface area contributed by atoms with Gasteiger partial charge in [0.05, 0.1) is 29.3 Å². The Labute approximate surface area is 342 Å². The number of imidazole rings is 1. The molecule has 9 rings (SSSR count). The van der Waals surface area contributed by atoms with Crippen molar-refractivity contribution in [1.82, 2.24) is 34.1 Å². The van der Waals surface area contributed by atoms with E-state index in [4.69, 9.17) is 5.10 Å². The number of amides is 2. The van der Waals surface area contributed by atoms with Crippen LogP contribution in [0.15, 0.2) is 60.5 Å². The number of hydrogen-bond acceptors (Lipinski definition) is 8. The number of thiazole rings is 1. The molecule has 2 amide bonds. The van der Waals surface area contributed by atoms with Crippen LogP contribution in [0.3, 0.4) is 0 Å². The second kappa shape index (κ2) is 16.9. The number of fused-ring (bicyclic) bond motifs is 2. The van der Waals surface area contributed by atoms with E-state index in [1.165, 1.54) is 73.5 Å². The van der Waals surface area contributed by atoms with Crippen molar-refractivity contribution >= 4 is 44.9 Å². The zero-order valence-corrected chi connectivity index (χ0v) is 33.9. The van der Waals surface area contributed by atoms with Gasteiger partial charge in [0.2, 0.25) is 5.91 Å². The Morgan fingerprint density at radius 2 is 1.62 bits per heavy atom. The summed E-state index contributed by atoms with van der Waals surface area (Å²) in [6, 6.07) is 11.0. The first kappa shape index (κ1) is 38.8. The highest BCUT2D eigenvalue weighted by Gasteiger charge is 2.40. The summed E-state index contributed by atoms with van der Waals surface area (Å²) in [7, 11) is 0. The third-order valence-corrected chi connectivity index (χ3v) is 13.7. The maximum atomic E-state index is 16.1. The Balaban J connectivity index is 0.826. The van der Waals surface area contributed by atoms with Crippen LogP contribution in [0.2, 0.25) is 0 Å². The number of carbonyl (C=O) groups is 2. The molecule has 1 saturated carbocycles. The van der Waals surface area contributed by atoms with Crippen LogP contribution in [0.4, 0.5) is 19.6 Å². The number of likely N-dealkylation sites (tertiary alicyclic amines) is 1. The van der Waals surface area contributed by atoms with Gasteiger partial charge in [0, 0.05) is 81.0 Å². The monoisotopic (exact) mass is 809 g/mol. The van der Waals surface area contributed by atoms with Crippen molar-refractivity contribution in [3.05, 3.63) is 77.7 Å². The predicted molar refractivity (Wildman–Crippen MR) is 223 cm³/mol. The highest BCUT2D eigenvalue weighted by molar-refractivity contribution is 7.13. The fourth-order valence-corrected chi connectivity index (χ4v) is 10.2. The van der Waals surface area contributed by atoms with E-state index in [1.54, 1.807) is 24.1 Å². The Morgan fingerprint density at radius 1 is 0.879 bits per heavy atom. The van der Waals surface area contributed by atoms with Crippen molar-refractivity contribution in [2.24, 2.45) is 0 Å². The third kappa shape index (κ3) is 8.27. The molecule has 14 heteroatoms. The van der Waals surface area contributed by atoms with Gasteiger partial charge in [0.1, 0.15) is 11.5 Å². The molecule has 3 aliphatic heterocycles. The molecule has 1 atom stereocenters. The first-order valence-corrected chi connectivity index (χ1v) is 22.2. The number of aryl methyl sites for hydroxylation is 1. The fraction of sp³-hybridized carbons (Fsp3) is 0.523. The molecule has 306 valence electrons. The summed E-state index contributed by atoms with van der Waals surface area (Å²) >= 11 is 1.32. The van der Waals surface area contributed by atoms with Crippen LogP contribution in [-0.2, 0) is 22.6 Å². The number of halogens is 2. The molecule has 1 unspecified atom stereocenters. The first-order chi connectivity index (χ1) is 28.3. The number of hydrogen-bond donors (Lipinski definition) is 1. The van der Waals surface area contributed by atoms with E-state index in [2.05, 4.69) is 29.7 Å². The Morgan fingerprint density at radius 3 is 2.34 bits per heavy atom. The van der Waals surface area contributed by atoms with E-state index in [1.807, 2.05) is 35.2 Å². The molecule has 2 saturated heterocycles. The number of nitrogens with zero attached hydrogens (tertiary/aromatic N) is 8. The van der Waals surface area contributed by atoms with Gasteiger partial charge in [0.25, 0.3) is 5.91 Å². The molecule has 2 aromatic carbocycles. The van der Waals surface area contributed by atoms with Gasteiger partial charge in [-0.15, -0.1) is 11.3 Å². The molecule has 0 radical (unpaired) electrons. The third-order valence-electron chi connectivity index (χ3n) is 13.0. The molecular formula is C44H53F2N9O2S. The van der Waals surface area contributed by atoms with Crippen molar-refractivity contribution in [2.45, 2.75) is 108 Å². The minimum Gasteiger partial charge on any atom is -0.368 e. The highest BCUT2D eigenvalue weighted by atomic mass is 32.1. The fourth-order valence-electron chi connectivity index (χ4n) is 9.66. The summed E-state index contributed by atoms with van der Waals surface area (Å²) < 4.78 is 35.4. The Hall–Kier alpha value is -4.69. The summed E-state index contributed by atoms with van der Waals surface area (Å²) in [4.78, 5) is 42.6. The van der Waals surface area contributed by atoms with E-state index < -0.39 is 17.5 Å². The maximum absolute atomic E-state index is 16.1. The lowest BCUT2D eigenvalue weighted by Gasteiger charge is -2.42. The van der Waals surface area contributed by atoms with Crippen molar-refractivity contribution < 1.29 is 18.4 Å². The lowest BCUT2D eigenvalue weighted by molar-refractivity contribution is -0.135. The van der Waals surface area contributed by atoms with E-state index in [0.717, 1.165) is 49.4 Å². The SMILES string of the molecule is O=C(Nc1nccs1)C(c1ncn2c1CCC2)n1cc2c(F)cc(-c3ccc(N4CCN(C(=O)CC5(F)CCN(C6CCCCCCCC6)CC5)CC4)cc3)cc2n1. The molecule has 58 heavy (non-hydrogen) atoms. The molecule has 5 aromatic rings. The lowest BCUT2D eigenvalue weighted by Crippen LogP contribution is -2.52. The molecule has 0 bridgehead atoms. The van der Waals surface area contributed by atoms with E-state index in [0.29, 0.717) is 72.4 Å². The van der Waals surface area contributed by atoms with Gasteiger partial charge in [0.15, 0.2) is 11.2 Å². The van der Waals surface area contributed by atoms with E-state index in [9.17, 15) is 9.59 Å². The second-order valence-electron chi connectivity index (χ2n) is 16.7. The lowest BCUT2D eigenvalue weighted by atomic mass is 9.87. The number of benzene rings is 2. The quantitative estimate of drug-likeness (QED) is 0.161. The largest absolute Gasteiger partial charge is 0.368 e. The van der Waals surface area contributed by atoms with Crippen LogP contribution in [0.25, 0.3) is 22.0 Å². The van der Waals surface area contributed by atoms with Gasteiger partial charge in [-0.2, -0.15) is 5.10 Å². The summed E-state index contributed by atoms with van der Waals surface area (Å²) in [6.07, 6.45) is 17.9. The average Bonchev–Trinajstić information content (AvgIpc) is 4.06. The number of alkyl halides is 1. The zero-order valence-electron chi connectivity index (χ0n) is 33.1. The molecule has 3 aromatic heterocycles. The van der Waals surface area contributed by atoms with Gasteiger partial charge >= 0.3 is 0 Å². The maximum Gasteiger partial charge on any atom is 0.257 e. The second-order valence-corrected chi connectivity index (χ2v) is 17.6. The van der Waals surface area contributed by atoms with Crippen molar-refractivity contribution in [3.8, 4) is 11.1 Å². The number of carbonyl (C=O) groups excluding carboxylic acids is 2. The number of aromatic nitrogens is 5. The topological polar surface area (TPSA) is 104 Å². The van der Waals surface area contributed by atoms with Crippen LogP contribution in [0.1, 0.15) is 94.5 Å². The molecule has 11 nitrogen and oxygen atoms in total. The normalized spacial score (nSPS) is 20.0. The van der Waals surface area contributed by atoms with Gasteiger partial charge < -0.3 is 19.3 Å². The van der Waals surface area contributed by atoms with Gasteiger partial charge in [-0.25, -0.2) is 18.7 Å². The summed E-state index contributed by atoms with van der Waals surface area (Å²) in [6.45, 7) is 4.79. The summed E-state index contributed by atoms with van der Waals surface area (Å²) in [5.41, 5.74) is 3.15. The zero-order chi connectivity index (χ0) is 39.6. The van der Waals surface area contributed by atoms with Crippen LogP contribution in [-0.4, -0.2) is 96.9 Å². The summed E-state index contributed by atoms with van der Waals surface area (Å²) in [5.74, 6) is -0.840. The van der Waals surface area contributed by atoms with Crippen molar-refractivity contribution in [2.75, 3.05) is 49.5 Å². The Bertz CT molecular complexity index is 2190. The van der Waals surface area contributed by atoms with E-state index >= 15 is 8.78 Å². The molecule has 1 aliphatic carbocycles. The molecule has 4 aliphatic rings. The summed E-state index contributed by atoms with van der Waals surface area (Å²) in [5, 5.41) is 10.2. The minimum absolute atomic E-state index is 0.0225. The molecule has 3 fully saturated rings. The van der Waals surface area contributed by atoms with Gasteiger partial charge in [-0.1, -0.05) is 50.7 Å². The van der Waals surface area contributed by atoms with Crippen molar-refractivity contribution in [1.29, 1.82) is 0 Å². The van der Waals surface area contributed by atoms with Crippen LogP contribution < -0.4 is 10.2 Å². The predicted octanol–water partition coefficient (Wildman–Crippen LogP) is 8.02. The minimum atomic E-state index is -1.42. The molecule has 6 heterocycles. The van der Waals surface area contributed by atoms with Gasteiger partial charge in [-0.3, -0.25) is 19.6 Å². The number of anilines is 2. The highest BCUT2D eigenvalue weighted by Crippen LogP contribution is 2.35. The van der Waals surface area contributed by atoms with Crippen LogP contribution in [0, 0.1) is 5.82 Å². The van der Waals surface area contributed by atoms with Crippen molar-refractivity contribution in [3.63, 3.8) is 0 Å². The standard InChI is InChI=1S/C44H53F2N9O2S/c45-36-26-32(27-37-35(36)29-55(50-37)41(42(57)49-43-47-17-25-58-43)40-38-10-7-18-54(38)30-48-40)31-11-13-34(14-12-31)52-21-23-53(24-22-52)39(56)28-44(46)15-19-51(20-16-44)33-8-5-3-1-2-4-6-9-33/h11-14,17,25-27,29-30,33,41H,1-10,15-16,18-24,28H2,(H,47,49,57). The molecule has 0 spiro atoms. The van der Waals surface area contributed by atoms with E-state index in [-0.39, 0.29) is 18.2 Å². The number of piperazine rings is 1. The van der Waals surface area contributed by atoms with Gasteiger partial charge in [-0.05, 0) is 73.9 Å². The average molecular weight is 810 g/mol. The van der Waals surface area contributed by atoms with Crippen LogP contribution >= 0.6 is 11.3 Å². The number of rotatable bonds is 9. The molecule has 1 N–H and O–H groups in total. The van der Waals surface area contributed by atoms with Crippen LogP contribution in [0.5, 0.6) is 0 Å². The number of nitrogens with one attached hydrogen (secondary N) is 1.